The Hall–Kier alpha value is -3.36. The number of pyridine rings is 1. The average Bonchev–Trinajstić information content (AvgIpc) is 3.29. The summed E-state index contributed by atoms with van der Waals surface area (Å²) >= 11 is 6.13. The second-order valence-electron chi connectivity index (χ2n) is 7.73. The number of carbonyl (C=O) groups excluding carboxylic acids is 1. The van der Waals surface area contributed by atoms with Crippen molar-refractivity contribution >= 4 is 38.2 Å². The maximum Gasteiger partial charge on any atom is 0.270 e. The topological polar surface area (TPSA) is 98.4 Å². The highest BCUT2D eigenvalue weighted by molar-refractivity contribution is 7.91. The minimum absolute atomic E-state index is 0.0870. The van der Waals surface area contributed by atoms with Crippen molar-refractivity contribution in [1.82, 2.24) is 9.88 Å². The Labute approximate surface area is 195 Å². The summed E-state index contributed by atoms with van der Waals surface area (Å²) in [5, 5.41) is 3.50. The number of nitrogens with zero attached hydrogens (tertiary/aromatic N) is 1. The van der Waals surface area contributed by atoms with Crippen LogP contribution in [0.1, 0.15) is 16.9 Å². The molecular weight excluding hydrogens is 464 g/mol. The molecule has 0 atom stereocenters. The predicted octanol–water partition coefficient (Wildman–Crippen LogP) is 4.01. The summed E-state index contributed by atoms with van der Waals surface area (Å²) < 4.78 is 33.1. The van der Waals surface area contributed by atoms with E-state index in [0.29, 0.717) is 16.7 Å². The fourth-order valence-corrected chi connectivity index (χ4v) is 5.14. The third kappa shape index (κ3) is 4.58. The molecule has 1 amide bonds. The lowest BCUT2D eigenvalue weighted by atomic mass is 10.1. The lowest BCUT2D eigenvalue weighted by molar-refractivity contribution is -0.121. The zero-order valence-electron chi connectivity index (χ0n) is 18.0. The van der Waals surface area contributed by atoms with Gasteiger partial charge in [0.1, 0.15) is 17.2 Å². The molecule has 7 nitrogen and oxygen atoms in total. The molecule has 9 heteroatoms. The standard InChI is InChI=1S/C24H21ClN2O5S/c1-15-5-8-21-17(10-15)11-22(33(30,31)19-7-6-16(2)20(25)12-19)24(29)27(21)14-23(28)26-13-18-4-3-9-32-18/h3-12H,13-14H2,1-2H3,(H,26,28). The number of aromatic nitrogens is 1. The monoisotopic (exact) mass is 484 g/mol. The molecule has 0 bridgehead atoms. The van der Waals surface area contributed by atoms with Gasteiger partial charge in [-0.2, -0.15) is 0 Å². The summed E-state index contributed by atoms with van der Waals surface area (Å²) in [4.78, 5) is 25.5. The van der Waals surface area contributed by atoms with Gasteiger partial charge in [0, 0.05) is 10.4 Å². The van der Waals surface area contributed by atoms with Gasteiger partial charge in [0.25, 0.3) is 5.56 Å². The van der Waals surface area contributed by atoms with E-state index in [0.717, 1.165) is 11.1 Å². The maximum atomic E-state index is 13.4. The Morgan fingerprint density at radius 2 is 1.88 bits per heavy atom. The lowest BCUT2D eigenvalue weighted by Crippen LogP contribution is -2.34. The van der Waals surface area contributed by atoms with Gasteiger partial charge in [-0.15, -0.1) is 0 Å². The highest BCUT2D eigenvalue weighted by atomic mass is 35.5. The van der Waals surface area contributed by atoms with Gasteiger partial charge in [0.2, 0.25) is 15.7 Å². The molecule has 4 aromatic rings. The van der Waals surface area contributed by atoms with Gasteiger partial charge in [0.15, 0.2) is 0 Å². The molecule has 1 N–H and O–H groups in total. The molecular formula is C24H21ClN2O5S. The fourth-order valence-electron chi connectivity index (χ4n) is 3.50. The van der Waals surface area contributed by atoms with Gasteiger partial charge in [0.05, 0.1) is 23.2 Å². The number of amides is 1. The van der Waals surface area contributed by atoms with Crippen LogP contribution < -0.4 is 10.9 Å². The molecule has 2 heterocycles. The maximum absolute atomic E-state index is 13.4. The number of rotatable bonds is 6. The molecule has 0 unspecified atom stereocenters. The number of halogens is 1. The van der Waals surface area contributed by atoms with E-state index in [1.54, 1.807) is 43.3 Å². The van der Waals surface area contributed by atoms with E-state index in [4.69, 9.17) is 16.0 Å². The number of hydrogen-bond acceptors (Lipinski definition) is 5. The van der Waals surface area contributed by atoms with Crippen LogP contribution in [0.15, 0.2) is 79.9 Å². The van der Waals surface area contributed by atoms with Gasteiger partial charge >= 0.3 is 0 Å². The smallest absolute Gasteiger partial charge is 0.270 e. The molecule has 170 valence electrons. The largest absolute Gasteiger partial charge is 0.467 e. The van der Waals surface area contributed by atoms with Crippen molar-refractivity contribution in [1.29, 1.82) is 0 Å². The average molecular weight is 485 g/mol. The minimum Gasteiger partial charge on any atom is -0.467 e. The van der Waals surface area contributed by atoms with Crippen LogP contribution in [0.25, 0.3) is 10.9 Å². The first-order valence-electron chi connectivity index (χ1n) is 10.1. The molecule has 0 aliphatic rings. The van der Waals surface area contributed by atoms with Crippen molar-refractivity contribution in [2.24, 2.45) is 0 Å². The molecule has 0 saturated carbocycles. The molecule has 0 aliphatic carbocycles. The summed E-state index contributed by atoms with van der Waals surface area (Å²) in [5.74, 6) is 0.104. The quantitative estimate of drug-likeness (QED) is 0.446. The molecule has 0 fully saturated rings. The van der Waals surface area contributed by atoms with Crippen molar-refractivity contribution < 1.29 is 17.6 Å². The Kier molecular flexibility index (Phi) is 6.14. The lowest BCUT2D eigenvalue weighted by Gasteiger charge is -2.14. The van der Waals surface area contributed by atoms with Crippen LogP contribution in [0.2, 0.25) is 5.02 Å². The number of carbonyl (C=O) groups is 1. The second kappa shape index (κ2) is 8.88. The zero-order chi connectivity index (χ0) is 23.8. The van der Waals surface area contributed by atoms with Gasteiger partial charge in [-0.1, -0.05) is 29.3 Å². The summed E-state index contributed by atoms with van der Waals surface area (Å²) in [6, 6.07) is 14.4. The molecule has 0 spiro atoms. The van der Waals surface area contributed by atoms with Gasteiger partial charge in [-0.05, 0) is 61.9 Å². The Balaban J connectivity index is 1.81. The summed E-state index contributed by atoms with van der Waals surface area (Å²) in [6.07, 6.45) is 1.49. The molecule has 2 aromatic heterocycles. The highest BCUT2D eigenvalue weighted by Gasteiger charge is 2.25. The molecule has 2 aromatic carbocycles. The SMILES string of the molecule is Cc1ccc2c(c1)cc(S(=O)(=O)c1ccc(C)c(Cl)c1)c(=O)n2CC(=O)NCc1ccco1. The fraction of sp³-hybridized carbons (Fsp3) is 0.167. The number of sulfone groups is 1. The van der Waals surface area contributed by atoms with E-state index in [1.807, 2.05) is 6.92 Å². The normalized spacial score (nSPS) is 11.6. The van der Waals surface area contributed by atoms with E-state index in [-0.39, 0.29) is 23.0 Å². The van der Waals surface area contributed by atoms with Crippen LogP contribution in [-0.4, -0.2) is 18.9 Å². The van der Waals surface area contributed by atoms with Gasteiger partial charge < -0.3 is 9.73 Å². The predicted molar refractivity (Wildman–Crippen MR) is 125 cm³/mol. The molecule has 0 saturated heterocycles. The van der Waals surface area contributed by atoms with Gasteiger partial charge in [-0.25, -0.2) is 8.42 Å². The van der Waals surface area contributed by atoms with E-state index < -0.39 is 26.2 Å². The van der Waals surface area contributed by atoms with Crippen LogP contribution >= 0.6 is 11.6 Å². The summed E-state index contributed by atoms with van der Waals surface area (Å²) in [6.45, 7) is 3.42. The summed E-state index contributed by atoms with van der Waals surface area (Å²) in [5.41, 5.74) is 1.28. The van der Waals surface area contributed by atoms with Crippen molar-refractivity contribution in [3.63, 3.8) is 0 Å². The van der Waals surface area contributed by atoms with E-state index >= 15 is 0 Å². The van der Waals surface area contributed by atoms with Crippen LogP contribution in [0, 0.1) is 13.8 Å². The number of fused-ring (bicyclic) bond motifs is 1. The van der Waals surface area contributed by atoms with Crippen molar-refractivity contribution in [2.75, 3.05) is 0 Å². The Morgan fingerprint density at radius 1 is 1.09 bits per heavy atom. The van der Waals surface area contributed by atoms with E-state index in [9.17, 15) is 18.0 Å². The highest BCUT2D eigenvalue weighted by Crippen LogP contribution is 2.26. The molecule has 4 rings (SSSR count). The Bertz CT molecular complexity index is 1520. The van der Waals surface area contributed by atoms with Crippen molar-refractivity contribution in [2.45, 2.75) is 36.7 Å². The van der Waals surface area contributed by atoms with Crippen molar-refractivity contribution in [3.05, 3.63) is 93.1 Å². The molecule has 0 aliphatic heterocycles. The number of furan rings is 1. The minimum atomic E-state index is -4.18. The third-order valence-corrected chi connectivity index (χ3v) is 7.45. The van der Waals surface area contributed by atoms with E-state index in [1.165, 1.54) is 29.0 Å². The van der Waals surface area contributed by atoms with Crippen LogP contribution in [0.3, 0.4) is 0 Å². The molecule has 0 radical (unpaired) electrons. The number of benzene rings is 2. The van der Waals surface area contributed by atoms with E-state index in [2.05, 4.69) is 5.32 Å². The first-order valence-corrected chi connectivity index (χ1v) is 12.0. The van der Waals surface area contributed by atoms with Crippen LogP contribution in [0.4, 0.5) is 0 Å². The van der Waals surface area contributed by atoms with Crippen LogP contribution in [0.5, 0.6) is 0 Å². The second-order valence-corrected chi connectivity index (χ2v) is 10.1. The first-order chi connectivity index (χ1) is 15.7. The third-order valence-electron chi connectivity index (χ3n) is 5.30. The number of nitrogens with one attached hydrogen (secondary N) is 1. The zero-order valence-corrected chi connectivity index (χ0v) is 19.5. The number of hydrogen-bond donors (Lipinski definition) is 1. The Morgan fingerprint density at radius 3 is 2.58 bits per heavy atom. The summed E-state index contributed by atoms with van der Waals surface area (Å²) in [7, 11) is -4.18. The van der Waals surface area contributed by atoms with Crippen LogP contribution in [-0.2, 0) is 27.7 Å². The number of aryl methyl sites for hydroxylation is 2. The van der Waals surface area contributed by atoms with Crippen molar-refractivity contribution in [3.8, 4) is 0 Å². The first kappa shape index (κ1) is 22.8. The van der Waals surface area contributed by atoms with Gasteiger partial charge in [-0.3, -0.25) is 14.2 Å². The molecule has 33 heavy (non-hydrogen) atoms.